The summed E-state index contributed by atoms with van der Waals surface area (Å²) in [5, 5.41) is 3.18. The fourth-order valence-corrected chi connectivity index (χ4v) is 1.96. The Morgan fingerprint density at radius 2 is 2.00 bits per heavy atom. The second-order valence-electron chi connectivity index (χ2n) is 3.73. The lowest BCUT2D eigenvalue weighted by Crippen LogP contribution is -2.48. The maximum atomic E-state index is 11.9. The third kappa shape index (κ3) is 0.930. The highest BCUT2D eigenvalue weighted by molar-refractivity contribution is 5.99. The summed E-state index contributed by atoms with van der Waals surface area (Å²) in [7, 11) is 3.69. The average molecular weight is 190 g/mol. The van der Waals surface area contributed by atoms with E-state index >= 15 is 0 Å². The first-order valence-electron chi connectivity index (χ1n) is 4.68. The molecule has 0 fully saturated rings. The lowest BCUT2D eigenvalue weighted by atomic mass is 10.0. The highest BCUT2D eigenvalue weighted by atomic mass is 16.2. The molecule has 1 heterocycles. The van der Waals surface area contributed by atoms with Crippen LogP contribution in [-0.4, -0.2) is 24.9 Å². The minimum absolute atomic E-state index is 0.0810. The largest absolute Gasteiger partial charge is 0.319 e. The molecule has 0 aromatic heterocycles. The molecule has 0 spiro atoms. The number of carbonyl (C=O) groups is 1. The summed E-state index contributed by atoms with van der Waals surface area (Å²) in [5.41, 5.74) is 1.48. The van der Waals surface area contributed by atoms with E-state index in [0.717, 1.165) is 11.1 Å². The molecular formula is C11H14N2O. The van der Waals surface area contributed by atoms with E-state index in [1.807, 2.05) is 45.3 Å². The van der Waals surface area contributed by atoms with E-state index in [1.165, 1.54) is 0 Å². The first-order chi connectivity index (χ1) is 6.61. The highest BCUT2D eigenvalue weighted by Gasteiger charge is 2.42. The topological polar surface area (TPSA) is 32.3 Å². The van der Waals surface area contributed by atoms with Crippen molar-refractivity contribution in [1.29, 1.82) is 0 Å². The zero-order valence-corrected chi connectivity index (χ0v) is 8.66. The van der Waals surface area contributed by atoms with Crippen LogP contribution in [0.5, 0.6) is 0 Å². The minimum atomic E-state index is -0.367. The van der Waals surface area contributed by atoms with Crippen molar-refractivity contribution >= 4 is 5.91 Å². The van der Waals surface area contributed by atoms with Crippen LogP contribution in [0.3, 0.4) is 0 Å². The minimum Gasteiger partial charge on any atom is -0.319 e. The molecule has 1 aromatic carbocycles. The number of benzene rings is 1. The van der Waals surface area contributed by atoms with E-state index in [0.29, 0.717) is 0 Å². The first-order valence-corrected chi connectivity index (χ1v) is 4.68. The molecule has 1 aliphatic rings. The van der Waals surface area contributed by atoms with E-state index in [2.05, 4.69) is 5.32 Å². The fourth-order valence-electron chi connectivity index (χ4n) is 1.96. The molecule has 0 bridgehead atoms. The molecule has 1 amide bonds. The standard InChI is InChI=1S/C11H14N2O/c1-11(12-2)9-7-5-4-6-8(9)10(14)13(11)3/h4-7,12H,1-3H3. The number of hydrogen-bond acceptors (Lipinski definition) is 2. The molecule has 1 unspecified atom stereocenters. The fraction of sp³-hybridized carbons (Fsp3) is 0.364. The van der Waals surface area contributed by atoms with Crippen molar-refractivity contribution in [1.82, 2.24) is 10.2 Å². The van der Waals surface area contributed by atoms with E-state index in [1.54, 1.807) is 4.90 Å². The molecule has 1 aromatic rings. The zero-order valence-electron chi connectivity index (χ0n) is 8.66. The summed E-state index contributed by atoms with van der Waals surface area (Å²) < 4.78 is 0. The van der Waals surface area contributed by atoms with Gasteiger partial charge in [-0.05, 0) is 20.0 Å². The van der Waals surface area contributed by atoms with Crippen LogP contribution in [0, 0.1) is 0 Å². The number of amides is 1. The third-order valence-electron chi connectivity index (χ3n) is 3.14. The van der Waals surface area contributed by atoms with Crippen molar-refractivity contribution in [3.8, 4) is 0 Å². The summed E-state index contributed by atoms with van der Waals surface area (Å²) in [5.74, 6) is 0.0810. The Morgan fingerprint density at radius 1 is 1.36 bits per heavy atom. The van der Waals surface area contributed by atoms with Crippen molar-refractivity contribution in [3.05, 3.63) is 35.4 Å². The number of carbonyl (C=O) groups excluding carboxylic acids is 1. The maximum absolute atomic E-state index is 11.9. The van der Waals surface area contributed by atoms with Gasteiger partial charge >= 0.3 is 0 Å². The molecule has 1 N–H and O–H groups in total. The van der Waals surface area contributed by atoms with Crippen molar-refractivity contribution in [2.24, 2.45) is 0 Å². The molecular weight excluding hydrogens is 176 g/mol. The number of nitrogens with zero attached hydrogens (tertiary/aromatic N) is 1. The van der Waals surface area contributed by atoms with E-state index < -0.39 is 0 Å². The van der Waals surface area contributed by atoms with Crippen LogP contribution >= 0.6 is 0 Å². The molecule has 1 atom stereocenters. The van der Waals surface area contributed by atoms with Crippen LogP contribution in [-0.2, 0) is 5.66 Å². The Bertz CT molecular complexity index is 389. The van der Waals surface area contributed by atoms with Gasteiger partial charge in [0, 0.05) is 18.2 Å². The monoisotopic (exact) mass is 190 g/mol. The van der Waals surface area contributed by atoms with Crippen molar-refractivity contribution in [3.63, 3.8) is 0 Å². The maximum Gasteiger partial charge on any atom is 0.255 e. The summed E-state index contributed by atoms with van der Waals surface area (Å²) in [4.78, 5) is 13.6. The summed E-state index contributed by atoms with van der Waals surface area (Å²) >= 11 is 0. The lowest BCUT2D eigenvalue weighted by molar-refractivity contribution is 0.0611. The smallest absolute Gasteiger partial charge is 0.255 e. The van der Waals surface area contributed by atoms with Crippen LogP contribution in [0.4, 0.5) is 0 Å². The van der Waals surface area contributed by atoms with Crippen molar-refractivity contribution in [2.45, 2.75) is 12.6 Å². The van der Waals surface area contributed by atoms with Gasteiger partial charge < -0.3 is 4.90 Å². The summed E-state index contributed by atoms with van der Waals surface area (Å²) in [6.07, 6.45) is 0. The highest BCUT2D eigenvalue weighted by Crippen LogP contribution is 2.34. The quantitative estimate of drug-likeness (QED) is 0.720. The Kier molecular flexibility index (Phi) is 1.86. The SMILES string of the molecule is CNC1(C)c2ccccc2C(=O)N1C. The van der Waals surface area contributed by atoms with Gasteiger partial charge in [-0.25, -0.2) is 0 Å². The van der Waals surface area contributed by atoms with Gasteiger partial charge in [0.25, 0.3) is 5.91 Å². The Labute approximate surface area is 83.7 Å². The van der Waals surface area contributed by atoms with Crippen LogP contribution in [0.25, 0.3) is 0 Å². The molecule has 3 nitrogen and oxygen atoms in total. The van der Waals surface area contributed by atoms with Gasteiger partial charge in [-0.15, -0.1) is 0 Å². The van der Waals surface area contributed by atoms with Crippen molar-refractivity contribution in [2.75, 3.05) is 14.1 Å². The number of rotatable bonds is 1. The Morgan fingerprint density at radius 3 is 2.64 bits per heavy atom. The molecule has 0 aliphatic carbocycles. The van der Waals surface area contributed by atoms with Crippen LogP contribution < -0.4 is 5.32 Å². The number of nitrogens with one attached hydrogen (secondary N) is 1. The first kappa shape index (κ1) is 9.21. The van der Waals surface area contributed by atoms with Gasteiger partial charge in [0.2, 0.25) is 0 Å². The lowest BCUT2D eigenvalue weighted by Gasteiger charge is -2.32. The molecule has 0 saturated heterocycles. The van der Waals surface area contributed by atoms with Gasteiger partial charge in [0.05, 0.1) is 0 Å². The second kappa shape index (κ2) is 2.82. The van der Waals surface area contributed by atoms with E-state index in [9.17, 15) is 4.79 Å². The molecule has 0 radical (unpaired) electrons. The molecule has 2 rings (SSSR count). The van der Waals surface area contributed by atoms with Crippen molar-refractivity contribution < 1.29 is 4.79 Å². The second-order valence-corrected chi connectivity index (χ2v) is 3.73. The summed E-state index contributed by atoms with van der Waals surface area (Å²) in [6.45, 7) is 2.01. The van der Waals surface area contributed by atoms with Gasteiger partial charge in [0.1, 0.15) is 5.66 Å². The number of hydrogen-bond donors (Lipinski definition) is 1. The zero-order chi connectivity index (χ0) is 10.3. The molecule has 3 heteroatoms. The van der Waals surface area contributed by atoms with E-state index in [-0.39, 0.29) is 11.6 Å². The van der Waals surface area contributed by atoms with Crippen LogP contribution in [0.1, 0.15) is 22.8 Å². The number of fused-ring (bicyclic) bond motifs is 1. The van der Waals surface area contributed by atoms with Gasteiger partial charge in [-0.2, -0.15) is 0 Å². The summed E-state index contributed by atoms with van der Waals surface area (Å²) in [6, 6.07) is 7.72. The third-order valence-corrected chi connectivity index (χ3v) is 3.14. The van der Waals surface area contributed by atoms with E-state index in [4.69, 9.17) is 0 Å². The predicted octanol–water partition coefficient (Wildman–Crippen LogP) is 1.16. The molecule has 1 aliphatic heterocycles. The molecule has 74 valence electrons. The van der Waals surface area contributed by atoms with Crippen LogP contribution in [0.2, 0.25) is 0 Å². The van der Waals surface area contributed by atoms with Gasteiger partial charge in [-0.3, -0.25) is 10.1 Å². The molecule has 0 saturated carbocycles. The normalized spacial score (nSPS) is 25.4. The van der Waals surface area contributed by atoms with Gasteiger partial charge in [-0.1, -0.05) is 18.2 Å². The Hall–Kier alpha value is -1.35. The Balaban J connectivity index is 2.65. The van der Waals surface area contributed by atoms with Crippen LogP contribution in [0.15, 0.2) is 24.3 Å². The average Bonchev–Trinajstić information content (AvgIpc) is 2.43. The molecule has 14 heavy (non-hydrogen) atoms. The van der Waals surface area contributed by atoms with Gasteiger partial charge in [0.15, 0.2) is 0 Å². The predicted molar refractivity (Wildman–Crippen MR) is 54.9 cm³/mol.